The fourth-order valence-electron chi connectivity index (χ4n) is 4.00. The van der Waals surface area contributed by atoms with Gasteiger partial charge >= 0.3 is 19.8 Å². The molecule has 0 aliphatic carbocycles. The van der Waals surface area contributed by atoms with E-state index in [1.54, 1.807) is 6.92 Å². The number of carboxylic acids is 1. The zero-order valence-corrected chi connectivity index (χ0v) is 25.5. The third-order valence-electron chi connectivity index (χ3n) is 6.37. The number of aliphatic carboxylic acids is 1. The number of rotatable bonds is 28. The van der Waals surface area contributed by atoms with E-state index in [4.69, 9.17) is 9.84 Å². The molecule has 40 heavy (non-hydrogen) atoms. The molecule has 0 aliphatic rings. The van der Waals surface area contributed by atoms with Gasteiger partial charge in [-0.05, 0) is 12.8 Å². The number of unbranched alkanes of at least 4 members (excludes halogenated alkanes) is 14. The molecule has 0 aromatic heterocycles. The van der Waals surface area contributed by atoms with Crippen LogP contribution in [0.1, 0.15) is 129 Å². The first-order valence-corrected chi connectivity index (χ1v) is 16.6. The Morgan fingerprint density at radius 3 is 1.65 bits per heavy atom. The Morgan fingerprint density at radius 1 is 0.700 bits per heavy atom. The Balaban J connectivity index is 3.79. The minimum Gasteiger partial charge on any atom is -0.480 e. The lowest BCUT2D eigenvalue weighted by molar-refractivity contribution is -0.147. The van der Waals surface area contributed by atoms with Crippen molar-refractivity contribution in [3.63, 3.8) is 0 Å². The Labute approximate surface area is 240 Å². The largest absolute Gasteiger partial charge is 0.480 e. The molecule has 0 heterocycles. The summed E-state index contributed by atoms with van der Waals surface area (Å²) in [5, 5.41) is 21.2. The summed E-state index contributed by atoms with van der Waals surface area (Å²) in [6, 6.07) is -1.53. The van der Waals surface area contributed by atoms with E-state index in [1.807, 2.05) is 0 Å². The Morgan fingerprint density at radius 2 is 1.18 bits per heavy atom. The number of hydrogen-bond acceptors (Lipinski definition) is 8. The van der Waals surface area contributed by atoms with Gasteiger partial charge in [0.1, 0.15) is 12.7 Å². The van der Waals surface area contributed by atoms with Gasteiger partial charge in [-0.25, -0.2) is 9.36 Å². The first-order chi connectivity index (χ1) is 19.1. The SMILES string of the molecule is CCCCCCCCCCCCCCCCCC(=O)OCC(O)COP(=O)(O)OCC(NC(=O)CCC)C(=O)O. The molecule has 1 amide bonds. The highest BCUT2D eigenvalue weighted by Gasteiger charge is 2.28. The van der Waals surface area contributed by atoms with Crippen LogP contribution in [0.15, 0.2) is 0 Å². The van der Waals surface area contributed by atoms with Crippen LogP contribution in [0.3, 0.4) is 0 Å². The molecule has 0 saturated heterocycles. The second-order valence-electron chi connectivity index (χ2n) is 10.3. The molecule has 0 aromatic carbocycles. The predicted molar refractivity (Wildman–Crippen MR) is 153 cm³/mol. The molecule has 0 saturated carbocycles. The molecular formula is C28H54NO10P. The van der Waals surface area contributed by atoms with Crippen LogP contribution in [-0.4, -0.2) is 64.9 Å². The van der Waals surface area contributed by atoms with E-state index < -0.39 is 57.6 Å². The summed E-state index contributed by atoms with van der Waals surface area (Å²) in [7, 11) is -4.71. The van der Waals surface area contributed by atoms with Gasteiger partial charge in [0.05, 0.1) is 13.2 Å². The zero-order valence-electron chi connectivity index (χ0n) is 24.7. The van der Waals surface area contributed by atoms with Crippen LogP contribution in [0.5, 0.6) is 0 Å². The van der Waals surface area contributed by atoms with E-state index >= 15 is 0 Å². The summed E-state index contributed by atoms with van der Waals surface area (Å²) in [6.45, 7) is 2.10. The maximum absolute atomic E-state index is 11.9. The lowest BCUT2D eigenvalue weighted by Crippen LogP contribution is -2.43. The summed E-state index contributed by atoms with van der Waals surface area (Å²) in [5.74, 6) is -2.44. The van der Waals surface area contributed by atoms with Crippen LogP contribution >= 0.6 is 7.82 Å². The first kappa shape index (κ1) is 38.5. The van der Waals surface area contributed by atoms with Gasteiger partial charge in [-0.2, -0.15) is 0 Å². The normalized spacial score (nSPS) is 14.3. The zero-order chi connectivity index (χ0) is 30.1. The molecular weight excluding hydrogens is 541 g/mol. The number of ether oxygens (including phenoxy) is 1. The standard InChI is InChI=1S/C28H54NO10P/c1-3-5-6-7-8-9-10-11-12-13-14-15-16-17-18-20-27(32)37-21-24(30)22-38-40(35,36)39-23-25(28(33)34)29-26(31)19-4-2/h24-25,30H,3-23H2,1-2H3,(H,29,31)(H,33,34)(H,35,36). The van der Waals surface area contributed by atoms with Gasteiger partial charge in [-0.1, -0.05) is 104 Å². The number of esters is 1. The van der Waals surface area contributed by atoms with Crippen molar-refractivity contribution in [2.75, 3.05) is 19.8 Å². The van der Waals surface area contributed by atoms with Crippen molar-refractivity contribution in [2.45, 2.75) is 142 Å². The highest BCUT2D eigenvalue weighted by molar-refractivity contribution is 7.47. The average molecular weight is 596 g/mol. The van der Waals surface area contributed by atoms with Crippen molar-refractivity contribution < 1.29 is 47.8 Å². The summed E-state index contributed by atoms with van der Waals surface area (Å²) in [6.07, 6.45) is 17.9. The number of aliphatic hydroxyl groups excluding tert-OH is 1. The number of nitrogens with one attached hydrogen (secondary N) is 1. The smallest absolute Gasteiger partial charge is 0.472 e. The van der Waals surface area contributed by atoms with Gasteiger partial charge in [0, 0.05) is 12.8 Å². The molecule has 0 bridgehead atoms. The maximum Gasteiger partial charge on any atom is 0.472 e. The van der Waals surface area contributed by atoms with Crippen LogP contribution in [0.2, 0.25) is 0 Å². The van der Waals surface area contributed by atoms with Crippen molar-refractivity contribution in [1.29, 1.82) is 0 Å². The van der Waals surface area contributed by atoms with E-state index in [-0.39, 0.29) is 12.8 Å². The van der Waals surface area contributed by atoms with Crippen LogP contribution in [0.4, 0.5) is 0 Å². The summed E-state index contributed by atoms with van der Waals surface area (Å²) in [4.78, 5) is 44.3. The monoisotopic (exact) mass is 595 g/mol. The number of phosphoric ester groups is 1. The number of aliphatic hydroxyl groups is 1. The van der Waals surface area contributed by atoms with Gasteiger partial charge in [0.2, 0.25) is 5.91 Å². The van der Waals surface area contributed by atoms with Gasteiger partial charge in [-0.15, -0.1) is 0 Å². The Hall–Kier alpha value is -1.52. The lowest BCUT2D eigenvalue weighted by Gasteiger charge is -2.18. The fraction of sp³-hybridized carbons (Fsp3) is 0.893. The molecule has 3 unspecified atom stereocenters. The lowest BCUT2D eigenvalue weighted by atomic mass is 10.0. The molecule has 0 aromatic rings. The summed E-state index contributed by atoms with van der Waals surface area (Å²) in [5.41, 5.74) is 0. The molecule has 0 spiro atoms. The number of carbonyl (C=O) groups is 3. The maximum atomic E-state index is 11.9. The third kappa shape index (κ3) is 24.3. The van der Waals surface area contributed by atoms with Crippen molar-refractivity contribution in [1.82, 2.24) is 5.32 Å². The number of amides is 1. The van der Waals surface area contributed by atoms with E-state index in [1.165, 1.54) is 70.6 Å². The van der Waals surface area contributed by atoms with Gasteiger partial charge in [0.25, 0.3) is 0 Å². The molecule has 11 nitrogen and oxygen atoms in total. The van der Waals surface area contributed by atoms with E-state index in [0.717, 1.165) is 19.3 Å². The second-order valence-corrected chi connectivity index (χ2v) is 11.8. The Bertz CT molecular complexity index is 721. The molecule has 0 radical (unpaired) electrons. The third-order valence-corrected chi connectivity index (χ3v) is 7.32. The molecule has 12 heteroatoms. The van der Waals surface area contributed by atoms with Crippen LogP contribution < -0.4 is 5.32 Å². The molecule has 236 valence electrons. The molecule has 3 atom stereocenters. The van der Waals surface area contributed by atoms with Gasteiger partial charge in [0.15, 0.2) is 6.04 Å². The van der Waals surface area contributed by atoms with Crippen molar-refractivity contribution in [3.8, 4) is 0 Å². The van der Waals surface area contributed by atoms with Gasteiger partial charge in [-0.3, -0.25) is 18.6 Å². The molecule has 4 N–H and O–H groups in total. The summed E-state index contributed by atoms with van der Waals surface area (Å²) >= 11 is 0. The van der Waals surface area contributed by atoms with Gasteiger partial charge < -0.3 is 25.2 Å². The van der Waals surface area contributed by atoms with Crippen molar-refractivity contribution in [3.05, 3.63) is 0 Å². The van der Waals surface area contributed by atoms with E-state index in [0.29, 0.717) is 12.8 Å². The van der Waals surface area contributed by atoms with Crippen molar-refractivity contribution in [2.24, 2.45) is 0 Å². The molecule has 0 aliphatic heterocycles. The highest BCUT2D eigenvalue weighted by Crippen LogP contribution is 2.43. The van der Waals surface area contributed by atoms with E-state index in [2.05, 4.69) is 21.3 Å². The first-order valence-electron chi connectivity index (χ1n) is 15.1. The Kier molecular flexibility index (Phi) is 24.3. The second kappa shape index (κ2) is 25.2. The highest BCUT2D eigenvalue weighted by atomic mass is 31.2. The van der Waals surface area contributed by atoms with Crippen LogP contribution in [-0.2, 0) is 32.7 Å². The summed E-state index contributed by atoms with van der Waals surface area (Å²) < 4.78 is 26.2. The minimum atomic E-state index is -4.71. The quantitative estimate of drug-likeness (QED) is 0.0503. The predicted octanol–water partition coefficient (Wildman–Crippen LogP) is 5.66. The molecule has 0 rings (SSSR count). The van der Waals surface area contributed by atoms with Crippen LogP contribution in [0, 0.1) is 0 Å². The van der Waals surface area contributed by atoms with Crippen LogP contribution in [0.25, 0.3) is 0 Å². The number of carbonyl (C=O) groups excluding carboxylic acids is 2. The number of carboxylic acid groups (broad SMARTS) is 1. The minimum absolute atomic E-state index is 0.0986. The topological polar surface area (TPSA) is 169 Å². The average Bonchev–Trinajstić information content (AvgIpc) is 2.91. The molecule has 0 fully saturated rings. The fourth-order valence-corrected chi connectivity index (χ4v) is 4.78. The van der Waals surface area contributed by atoms with E-state index in [9.17, 15) is 28.9 Å². The number of phosphoric acid groups is 1. The van der Waals surface area contributed by atoms with Crippen molar-refractivity contribution >= 4 is 25.7 Å². The number of hydrogen-bond donors (Lipinski definition) is 4.